The maximum atomic E-state index is 12.1. The molecule has 142 valence electrons. The summed E-state index contributed by atoms with van der Waals surface area (Å²) in [7, 11) is 0. The molecule has 0 fully saturated rings. The normalized spacial score (nSPS) is 10.9. The molecule has 3 aromatic rings. The van der Waals surface area contributed by atoms with Crippen molar-refractivity contribution in [3.05, 3.63) is 46.9 Å². The summed E-state index contributed by atoms with van der Waals surface area (Å²) in [5.74, 6) is 2.29. The first-order valence-corrected chi connectivity index (χ1v) is 9.74. The number of nitrogens with one attached hydrogen (secondary N) is 2. The Balaban J connectivity index is 1.46. The lowest BCUT2D eigenvalue weighted by atomic mass is 10.1. The Labute approximate surface area is 161 Å². The zero-order valence-electron chi connectivity index (χ0n) is 15.6. The van der Waals surface area contributed by atoms with Crippen LogP contribution in [0, 0.1) is 13.8 Å². The third-order valence-corrected chi connectivity index (χ3v) is 4.75. The molecule has 0 atom stereocenters. The van der Waals surface area contributed by atoms with E-state index in [0.717, 1.165) is 29.1 Å². The van der Waals surface area contributed by atoms with E-state index in [1.165, 1.54) is 11.8 Å². The lowest BCUT2D eigenvalue weighted by Crippen LogP contribution is -2.13. The number of carbonyl (C=O) groups is 1. The predicted molar refractivity (Wildman–Crippen MR) is 102 cm³/mol. The van der Waals surface area contributed by atoms with Crippen molar-refractivity contribution in [1.82, 2.24) is 25.3 Å². The number of hydrogen-bond acceptors (Lipinski definition) is 7. The molecule has 9 heteroatoms. The van der Waals surface area contributed by atoms with Crippen LogP contribution in [0.4, 0.5) is 5.69 Å². The summed E-state index contributed by atoms with van der Waals surface area (Å²) >= 11 is 1.43. The second-order valence-corrected chi connectivity index (χ2v) is 7.12. The van der Waals surface area contributed by atoms with Gasteiger partial charge in [-0.3, -0.25) is 9.89 Å². The smallest absolute Gasteiger partial charge is 0.227 e. The standard InChI is InChI=1S/C18H22N6O2S/c1-4-14-21-18(23-22-14)27-10-15-20-17(26-24-15)8-7-16(25)19-13-6-5-11(2)9-12(13)3/h5-6,9H,4,7-8,10H2,1-3H3,(H,19,25)(H,21,22,23). The molecule has 8 nitrogen and oxygen atoms in total. The fourth-order valence-corrected chi connectivity index (χ4v) is 3.13. The molecule has 0 aliphatic heterocycles. The number of hydrogen-bond donors (Lipinski definition) is 2. The van der Waals surface area contributed by atoms with E-state index in [4.69, 9.17) is 4.52 Å². The molecule has 0 radical (unpaired) electrons. The Bertz CT molecular complexity index is 920. The van der Waals surface area contributed by atoms with Crippen LogP contribution in [0.5, 0.6) is 0 Å². The van der Waals surface area contributed by atoms with E-state index in [1.54, 1.807) is 0 Å². The molecule has 3 rings (SSSR count). The minimum atomic E-state index is -0.0797. The van der Waals surface area contributed by atoms with Gasteiger partial charge in [0.1, 0.15) is 5.82 Å². The minimum absolute atomic E-state index is 0.0797. The molecule has 0 bridgehead atoms. The van der Waals surface area contributed by atoms with E-state index in [0.29, 0.717) is 29.0 Å². The minimum Gasteiger partial charge on any atom is -0.339 e. The Hall–Kier alpha value is -2.68. The predicted octanol–water partition coefficient (Wildman–Crippen LogP) is 3.23. The Morgan fingerprint density at radius 2 is 2.15 bits per heavy atom. The third kappa shape index (κ3) is 5.40. The van der Waals surface area contributed by atoms with Gasteiger partial charge in [0.05, 0.1) is 5.75 Å². The van der Waals surface area contributed by atoms with E-state index in [9.17, 15) is 4.79 Å². The van der Waals surface area contributed by atoms with Crippen molar-refractivity contribution < 1.29 is 9.32 Å². The fraction of sp³-hybridized carbons (Fsp3) is 0.389. The molecule has 1 amide bonds. The highest BCUT2D eigenvalue weighted by molar-refractivity contribution is 7.98. The molecule has 0 aliphatic carbocycles. The van der Waals surface area contributed by atoms with E-state index in [-0.39, 0.29) is 12.3 Å². The van der Waals surface area contributed by atoms with E-state index in [1.807, 2.05) is 39.0 Å². The summed E-state index contributed by atoms with van der Waals surface area (Å²) in [6.45, 7) is 6.01. The monoisotopic (exact) mass is 386 g/mol. The molecular weight excluding hydrogens is 364 g/mol. The number of aromatic nitrogens is 5. The van der Waals surface area contributed by atoms with Crippen LogP contribution in [0.3, 0.4) is 0 Å². The summed E-state index contributed by atoms with van der Waals surface area (Å²) in [6.07, 6.45) is 1.49. The van der Waals surface area contributed by atoms with Crippen LogP contribution in [-0.4, -0.2) is 31.2 Å². The third-order valence-electron chi connectivity index (χ3n) is 3.91. The van der Waals surface area contributed by atoms with Crippen molar-refractivity contribution in [3.63, 3.8) is 0 Å². The van der Waals surface area contributed by atoms with Gasteiger partial charge < -0.3 is 9.84 Å². The molecule has 0 saturated heterocycles. The van der Waals surface area contributed by atoms with Crippen LogP contribution >= 0.6 is 11.8 Å². The van der Waals surface area contributed by atoms with Crippen molar-refractivity contribution >= 4 is 23.4 Å². The number of H-pyrrole nitrogens is 1. The lowest BCUT2D eigenvalue weighted by Gasteiger charge is -2.08. The van der Waals surface area contributed by atoms with Gasteiger partial charge in [0.2, 0.25) is 17.0 Å². The fourth-order valence-electron chi connectivity index (χ4n) is 2.47. The second kappa shape index (κ2) is 8.81. The average molecular weight is 386 g/mol. The quantitative estimate of drug-likeness (QED) is 0.572. The van der Waals surface area contributed by atoms with Gasteiger partial charge in [-0.2, -0.15) is 4.98 Å². The maximum Gasteiger partial charge on any atom is 0.227 e. The first kappa shape index (κ1) is 19.1. The van der Waals surface area contributed by atoms with Crippen molar-refractivity contribution in [3.8, 4) is 0 Å². The van der Waals surface area contributed by atoms with Gasteiger partial charge in [0.15, 0.2) is 5.82 Å². The highest BCUT2D eigenvalue weighted by Crippen LogP contribution is 2.18. The number of carbonyl (C=O) groups excluding carboxylic acids is 1. The van der Waals surface area contributed by atoms with Crippen LogP contribution in [0.2, 0.25) is 0 Å². The number of nitrogens with zero attached hydrogens (tertiary/aromatic N) is 4. The lowest BCUT2D eigenvalue weighted by molar-refractivity contribution is -0.116. The zero-order chi connectivity index (χ0) is 19.2. The molecule has 0 aliphatic rings. The first-order chi connectivity index (χ1) is 13.0. The highest BCUT2D eigenvalue weighted by Gasteiger charge is 2.12. The van der Waals surface area contributed by atoms with Crippen LogP contribution in [0.25, 0.3) is 0 Å². The summed E-state index contributed by atoms with van der Waals surface area (Å²) in [4.78, 5) is 20.8. The largest absolute Gasteiger partial charge is 0.339 e. The van der Waals surface area contributed by atoms with Gasteiger partial charge in [-0.05, 0) is 25.5 Å². The van der Waals surface area contributed by atoms with E-state index in [2.05, 4.69) is 30.6 Å². The average Bonchev–Trinajstić information content (AvgIpc) is 3.29. The summed E-state index contributed by atoms with van der Waals surface area (Å²) < 4.78 is 5.22. The number of anilines is 1. The summed E-state index contributed by atoms with van der Waals surface area (Å²) in [5, 5.41) is 14.5. The Kier molecular flexibility index (Phi) is 6.23. The summed E-state index contributed by atoms with van der Waals surface area (Å²) in [6, 6.07) is 5.93. The van der Waals surface area contributed by atoms with Crippen LogP contribution in [0.15, 0.2) is 27.9 Å². The van der Waals surface area contributed by atoms with E-state index < -0.39 is 0 Å². The van der Waals surface area contributed by atoms with Gasteiger partial charge >= 0.3 is 0 Å². The van der Waals surface area contributed by atoms with Crippen molar-refractivity contribution in [2.24, 2.45) is 0 Å². The number of aromatic amines is 1. The molecule has 2 aromatic heterocycles. The van der Waals surface area contributed by atoms with Gasteiger partial charge in [-0.1, -0.05) is 41.5 Å². The van der Waals surface area contributed by atoms with E-state index >= 15 is 0 Å². The molecule has 0 saturated carbocycles. The topological polar surface area (TPSA) is 110 Å². The number of benzene rings is 1. The molecule has 0 spiro atoms. The Morgan fingerprint density at radius 3 is 2.89 bits per heavy atom. The number of thioether (sulfide) groups is 1. The van der Waals surface area contributed by atoms with Gasteiger partial charge in [0, 0.05) is 24.9 Å². The van der Waals surface area contributed by atoms with Gasteiger partial charge in [-0.25, -0.2) is 4.98 Å². The van der Waals surface area contributed by atoms with Gasteiger partial charge in [0.25, 0.3) is 0 Å². The van der Waals surface area contributed by atoms with Crippen molar-refractivity contribution in [2.45, 2.75) is 50.9 Å². The molecule has 1 aromatic carbocycles. The maximum absolute atomic E-state index is 12.1. The zero-order valence-corrected chi connectivity index (χ0v) is 16.4. The second-order valence-electron chi connectivity index (χ2n) is 6.18. The number of amides is 1. The van der Waals surface area contributed by atoms with Crippen molar-refractivity contribution in [1.29, 1.82) is 0 Å². The van der Waals surface area contributed by atoms with Gasteiger partial charge in [-0.15, -0.1) is 5.10 Å². The number of aryl methyl sites for hydroxylation is 4. The molecule has 0 unspecified atom stereocenters. The molecule has 2 N–H and O–H groups in total. The Morgan fingerprint density at radius 1 is 1.30 bits per heavy atom. The van der Waals surface area contributed by atoms with Crippen molar-refractivity contribution in [2.75, 3.05) is 5.32 Å². The molecular formula is C18H22N6O2S. The number of rotatable bonds is 8. The molecule has 2 heterocycles. The first-order valence-electron chi connectivity index (χ1n) is 8.76. The van der Waals surface area contributed by atoms with Crippen LogP contribution in [-0.2, 0) is 23.4 Å². The van der Waals surface area contributed by atoms with Crippen LogP contribution < -0.4 is 5.32 Å². The summed E-state index contributed by atoms with van der Waals surface area (Å²) in [5.41, 5.74) is 3.03. The highest BCUT2D eigenvalue weighted by atomic mass is 32.2. The van der Waals surface area contributed by atoms with Crippen LogP contribution in [0.1, 0.15) is 42.0 Å². The SMILES string of the molecule is CCc1nc(SCc2noc(CCC(=O)Nc3ccc(C)cc3C)n2)n[nH]1. The molecule has 27 heavy (non-hydrogen) atoms.